The van der Waals surface area contributed by atoms with Crippen LogP contribution in [0.2, 0.25) is 0 Å². The molecule has 0 amide bonds. The summed E-state index contributed by atoms with van der Waals surface area (Å²) in [5.74, 6) is 0. The van der Waals surface area contributed by atoms with Crippen LogP contribution in [0.1, 0.15) is 0 Å². The third-order valence-electron chi connectivity index (χ3n) is 1.58. The maximum Gasteiger partial charge on any atom is 0.440 e. The van der Waals surface area contributed by atoms with Gasteiger partial charge in [-0.05, 0) is 44.0 Å². The van der Waals surface area contributed by atoms with Crippen LogP contribution in [0.4, 0.5) is 5.69 Å². The van der Waals surface area contributed by atoms with Gasteiger partial charge in [-0.1, -0.05) is 21.5 Å². The van der Waals surface area contributed by atoms with E-state index in [0.717, 1.165) is 14.1 Å². The first-order chi connectivity index (χ1) is 7.39. The molecule has 1 heterocycles. The van der Waals surface area contributed by atoms with E-state index in [1.807, 2.05) is 0 Å². The number of halogens is 3. The monoisotopic (exact) mass is 436 g/mol. The molecule has 0 aromatic heterocycles. The molecule has 0 unspecified atom stereocenters. The first-order valence-corrected chi connectivity index (χ1v) is 7.43. The average molecular weight is 439 g/mol. The molecule has 1 aliphatic rings. The zero-order chi connectivity index (χ0) is 11.9. The molecular formula is C6H3Br3N2O4S. The Morgan fingerprint density at radius 1 is 1.25 bits per heavy atom. The van der Waals surface area contributed by atoms with Gasteiger partial charge in [0.1, 0.15) is 5.69 Å². The topological polar surface area (TPSA) is 67.9 Å². The van der Waals surface area contributed by atoms with Gasteiger partial charge in [0.15, 0.2) is 0 Å². The van der Waals surface area contributed by atoms with Crippen molar-refractivity contribution in [3.63, 3.8) is 0 Å². The molecule has 1 aliphatic heterocycles. The normalized spacial score (nSPS) is 19.1. The van der Waals surface area contributed by atoms with E-state index >= 15 is 0 Å². The summed E-state index contributed by atoms with van der Waals surface area (Å²) in [4.78, 5) is 0. The van der Waals surface area contributed by atoms with Gasteiger partial charge in [0.2, 0.25) is 0 Å². The highest BCUT2D eigenvalue weighted by Gasteiger charge is 2.30. The van der Waals surface area contributed by atoms with Gasteiger partial charge in [-0.25, -0.2) is 0 Å². The van der Waals surface area contributed by atoms with Gasteiger partial charge < -0.3 is 0 Å². The minimum Gasteiger partial charge on any atom is -0.165 e. The third kappa shape index (κ3) is 2.58. The quantitative estimate of drug-likeness (QED) is 0.679. The number of hydrogen-bond acceptors (Lipinski definition) is 6. The van der Waals surface area contributed by atoms with Gasteiger partial charge in [0.25, 0.3) is 0 Å². The lowest BCUT2D eigenvalue weighted by molar-refractivity contribution is 0.198. The maximum absolute atomic E-state index is 10.9. The fourth-order valence-electron chi connectivity index (χ4n) is 0.981. The van der Waals surface area contributed by atoms with E-state index in [2.05, 4.69) is 61.9 Å². The first kappa shape index (κ1) is 12.7. The Morgan fingerprint density at radius 2 is 1.94 bits per heavy atom. The minimum absolute atomic E-state index is 0.433. The molecule has 1 fully saturated rings. The Hall–Kier alpha value is 0.290. The number of hydrazine groups is 1. The fourth-order valence-corrected chi connectivity index (χ4v) is 3.06. The van der Waals surface area contributed by atoms with Crippen LogP contribution in [0, 0.1) is 0 Å². The molecular weight excluding hydrogens is 436 g/mol. The first-order valence-electron chi connectivity index (χ1n) is 3.72. The van der Waals surface area contributed by atoms with Crippen LogP contribution in [0.15, 0.2) is 25.6 Å². The van der Waals surface area contributed by atoms with Crippen LogP contribution in [0.25, 0.3) is 0 Å². The number of rotatable bonds is 1. The Morgan fingerprint density at radius 3 is 2.50 bits per heavy atom. The maximum atomic E-state index is 10.9. The molecule has 1 saturated heterocycles. The van der Waals surface area contributed by atoms with Crippen LogP contribution in [-0.2, 0) is 19.0 Å². The molecule has 0 atom stereocenters. The highest BCUT2D eigenvalue weighted by Crippen LogP contribution is 2.37. The highest BCUT2D eigenvalue weighted by atomic mass is 79.9. The second kappa shape index (κ2) is 4.52. The molecule has 1 N–H and O–H groups in total. The lowest BCUT2D eigenvalue weighted by Crippen LogP contribution is -2.28. The zero-order valence-electron chi connectivity index (χ0n) is 7.28. The Balaban J connectivity index is 2.42. The zero-order valence-corrected chi connectivity index (χ0v) is 12.9. The fraction of sp³-hybridized carbons (Fsp3) is 0. The second-order valence-corrected chi connectivity index (χ2v) is 6.37. The summed E-state index contributed by atoms with van der Waals surface area (Å²) in [5.41, 5.74) is 2.54. The Kier molecular flexibility index (Phi) is 3.60. The van der Waals surface area contributed by atoms with Crippen molar-refractivity contribution in [3.05, 3.63) is 25.6 Å². The standard InChI is InChI=1S/C6H3Br3N2O4S/c7-3-1-4(8)6(9)5(2-3)11-10-14-16(12,13)15-11/h1-2,10H. The summed E-state index contributed by atoms with van der Waals surface area (Å²) in [6, 6.07) is 3.44. The predicted molar refractivity (Wildman–Crippen MR) is 66.2 cm³/mol. The van der Waals surface area contributed by atoms with Gasteiger partial charge >= 0.3 is 10.4 Å². The number of anilines is 1. The van der Waals surface area contributed by atoms with Crippen LogP contribution >= 0.6 is 47.8 Å². The van der Waals surface area contributed by atoms with Crippen LogP contribution in [-0.4, -0.2) is 8.42 Å². The molecule has 1 aromatic carbocycles. The van der Waals surface area contributed by atoms with Crippen molar-refractivity contribution in [1.29, 1.82) is 0 Å². The lowest BCUT2D eigenvalue weighted by Gasteiger charge is -2.14. The summed E-state index contributed by atoms with van der Waals surface area (Å²) in [6.45, 7) is 0. The van der Waals surface area contributed by atoms with Crippen molar-refractivity contribution < 1.29 is 17.0 Å². The summed E-state index contributed by atoms with van der Waals surface area (Å²) >= 11 is 9.85. The molecule has 10 heteroatoms. The summed E-state index contributed by atoms with van der Waals surface area (Å²) in [5, 5.41) is 0.884. The van der Waals surface area contributed by atoms with E-state index in [0.29, 0.717) is 10.2 Å². The molecule has 16 heavy (non-hydrogen) atoms. The van der Waals surface area contributed by atoms with E-state index in [1.165, 1.54) is 0 Å². The van der Waals surface area contributed by atoms with Crippen molar-refractivity contribution in [1.82, 2.24) is 5.59 Å². The molecule has 2 rings (SSSR count). The molecule has 0 spiro atoms. The average Bonchev–Trinajstić information content (AvgIpc) is 2.52. The van der Waals surface area contributed by atoms with Crippen molar-refractivity contribution in [2.45, 2.75) is 0 Å². The molecule has 1 aromatic rings. The van der Waals surface area contributed by atoms with Gasteiger partial charge in [0.05, 0.1) is 4.47 Å². The molecule has 88 valence electrons. The van der Waals surface area contributed by atoms with Crippen LogP contribution in [0.5, 0.6) is 0 Å². The van der Waals surface area contributed by atoms with Crippen molar-refractivity contribution in [2.75, 3.05) is 5.17 Å². The van der Waals surface area contributed by atoms with E-state index in [-0.39, 0.29) is 0 Å². The molecule has 0 aliphatic carbocycles. The third-order valence-corrected chi connectivity index (χ3v) is 4.64. The Bertz CT molecular complexity index is 535. The number of nitrogens with zero attached hydrogens (tertiary/aromatic N) is 1. The molecule has 0 saturated carbocycles. The van der Waals surface area contributed by atoms with Crippen molar-refractivity contribution >= 4 is 63.9 Å². The van der Waals surface area contributed by atoms with Gasteiger partial charge in [0, 0.05) is 8.95 Å². The summed E-state index contributed by atoms with van der Waals surface area (Å²) in [7, 11) is -4.02. The highest BCUT2D eigenvalue weighted by molar-refractivity contribution is 9.13. The van der Waals surface area contributed by atoms with E-state index < -0.39 is 10.4 Å². The van der Waals surface area contributed by atoms with Gasteiger partial charge in [-0.15, -0.1) is 13.7 Å². The van der Waals surface area contributed by atoms with E-state index in [1.54, 1.807) is 12.1 Å². The largest absolute Gasteiger partial charge is 0.440 e. The van der Waals surface area contributed by atoms with E-state index in [4.69, 9.17) is 0 Å². The smallest absolute Gasteiger partial charge is 0.165 e. The van der Waals surface area contributed by atoms with Crippen LogP contribution < -0.4 is 10.8 Å². The SMILES string of the molecule is O=S1(=O)ONN(c2cc(Br)cc(Br)c2Br)O1. The number of hydrogen-bond donors (Lipinski definition) is 1. The molecule has 0 bridgehead atoms. The second-order valence-electron chi connectivity index (χ2n) is 2.67. The minimum atomic E-state index is -4.02. The Labute approximate surface area is 116 Å². The van der Waals surface area contributed by atoms with Gasteiger partial charge in [-0.2, -0.15) is 8.42 Å². The number of nitrogens with one attached hydrogen (secondary N) is 1. The summed E-state index contributed by atoms with van der Waals surface area (Å²) in [6.07, 6.45) is 0. The van der Waals surface area contributed by atoms with Crippen molar-refractivity contribution in [2.24, 2.45) is 0 Å². The molecule has 6 nitrogen and oxygen atoms in total. The predicted octanol–water partition coefficient (Wildman–Crippen LogP) is 2.41. The lowest BCUT2D eigenvalue weighted by atomic mass is 10.3. The van der Waals surface area contributed by atoms with Gasteiger partial charge in [-0.3, -0.25) is 0 Å². The summed E-state index contributed by atoms with van der Waals surface area (Å²) < 4.78 is 32.6. The van der Waals surface area contributed by atoms with E-state index in [9.17, 15) is 8.42 Å². The van der Waals surface area contributed by atoms with Crippen LogP contribution in [0.3, 0.4) is 0 Å². The van der Waals surface area contributed by atoms with Crippen molar-refractivity contribution in [3.8, 4) is 0 Å². The molecule has 0 radical (unpaired) electrons. The number of benzene rings is 1.